The molecule has 0 spiro atoms. The molecule has 3 aromatic carbocycles. The van der Waals surface area contributed by atoms with Crippen LogP contribution in [0.3, 0.4) is 0 Å². The Bertz CT molecular complexity index is 1180. The standard InChI is InChI=1S/C25H20FN3O2/c1-2-25(20-11-13-21(26)14-12-20)23(30)29(24(31)28-25)16-17-7-9-18(10-8-17)22-6-4-3-5-19(22)15-27/h3-14H,2,16H2,1H3,(H,28,31). The van der Waals surface area contributed by atoms with Crippen LogP contribution in [0, 0.1) is 17.1 Å². The number of hydrogen-bond acceptors (Lipinski definition) is 3. The van der Waals surface area contributed by atoms with Crippen molar-refractivity contribution in [3.8, 4) is 17.2 Å². The van der Waals surface area contributed by atoms with Gasteiger partial charge >= 0.3 is 6.03 Å². The van der Waals surface area contributed by atoms with Crippen molar-refractivity contribution < 1.29 is 14.0 Å². The highest BCUT2D eigenvalue weighted by Crippen LogP contribution is 2.33. The first kappa shape index (κ1) is 20.3. The summed E-state index contributed by atoms with van der Waals surface area (Å²) in [5, 5.41) is 12.1. The van der Waals surface area contributed by atoms with Gasteiger partial charge in [-0.15, -0.1) is 0 Å². The monoisotopic (exact) mass is 413 g/mol. The number of carbonyl (C=O) groups excluding carboxylic acids is 2. The second kappa shape index (κ2) is 8.04. The predicted molar refractivity (Wildman–Crippen MR) is 114 cm³/mol. The second-order valence-electron chi connectivity index (χ2n) is 7.44. The third-order valence-electron chi connectivity index (χ3n) is 5.70. The van der Waals surface area contributed by atoms with Crippen LogP contribution in [0.15, 0.2) is 72.8 Å². The van der Waals surface area contributed by atoms with E-state index in [4.69, 9.17) is 0 Å². The van der Waals surface area contributed by atoms with Crippen LogP contribution in [0.1, 0.15) is 30.0 Å². The molecule has 4 rings (SSSR count). The van der Waals surface area contributed by atoms with Crippen molar-refractivity contribution in [2.45, 2.75) is 25.4 Å². The van der Waals surface area contributed by atoms with Gasteiger partial charge in [-0.25, -0.2) is 9.18 Å². The van der Waals surface area contributed by atoms with Crippen LogP contribution < -0.4 is 5.32 Å². The quantitative estimate of drug-likeness (QED) is 0.615. The Morgan fingerprint density at radius 1 is 1.00 bits per heavy atom. The zero-order chi connectivity index (χ0) is 22.0. The lowest BCUT2D eigenvalue weighted by Crippen LogP contribution is -2.43. The van der Waals surface area contributed by atoms with Crippen LogP contribution in [-0.4, -0.2) is 16.8 Å². The molecule has 1 fully saturated rings. The third-order valence-corrected chi connectivity index (χ3v) is 5.70. The van der Waals surface area contributed by atoms with E-state index in [0.717, 1.165) is 16.7 Å². The topological polar surface area (TPSA) is 73.2 Å². The molecule has 0 bridgehead atoms. The summed E-state index contributed by atoms with van der Waals surface area (Å²) in [4.78, 5) is 27.1. The van der Waals surface area contributed by atoms with Gasteiger partial charge in [-0.2, -0.15) is 5.26 Å². The van der Waals surface area contributed by atoms with E-state index in [2.05, 4.69) is 11.4 Å². The SMILES string of the molecule is CCC1(c2ccc(F)cc2)NC(=O)N(Cc2ccc(-c3ccccc3C#N)cc2)C1=O. The van der Waals surface area contributed by atoms with E-state index in [1.807, 2.05) is 49.4 Å². The molecule has 31 heavy (non-hydrogen) atoms. The molecule has 1 N–H and O–H groups in total. The average molecular weight is 413 g/mol. The van der Waals surface area contributed by atoms with Gasteiger partial charge in [-0.3, -0.25) is 9.69 Å². The van der Waals surface area contributed by atoms with Crippen molar-refractivity contribution in [3.05, 3.63) is 95.3 Å². The average Bonchev–Trinajstić information content (AvgIpc) is 3.05. The number of amides is 3. The van der Waals surface area contributed by atoms with Crippen LogP contribution in [0.25, 0.3) is 11.1 Å². The minimum atomic E-state index is -1.20. The lowest BCUT2D eigenvalue weighted by molar-refractivity contribution is -0.132. The molecule has 1 heterocycles. The molecule has 0 aromatic heterocycles. The van der Waals surface area contributed by atoms with E-state index in [1.54, 1.807) is 6.07 Å². The Hall–Kier alpha value is -3.98. The number of nitrogens with one attached hydrogen (secondary N) is 1. The van der Waals surface area contributed by atoms with E-state index in [0.29, 0.717) is 17.5 Å². The molecule has 0 saturated carbocycles. The van der Waals surface area contributed by atoms with Crippen LogP contribution in [0.2, 0.25) is 0 Å². The molecular weight excluding hydrogens is 393 g/mol. The highest BCUT2D eigenvalue weighted by molar-refractivity contribution is 6.07. The molecule has 3 aromatic rings. The highest BCUT2D eigenvalue weighted by Gasteiger charge is 2.51. The molecule has 0 radical (unpaired) electrons. The second-order valence-corrected chi connectivity index (χ2v) is 7.44. The number of benzene rings is 3. The van der Waals surface area contributed by atoms with Crippen molar-refractivity contribution >= 4 is 11.9 Å². The van der Waals surface area contributed by atoms with Gasteiger partial charge in [0.15, 0.2) is 0 Å². The maximum Gasteiger partial charge on any atom is 0.325 e. The fourth-order valence-electron chi connectivity index (χ4n) is 3.95. The van der Waals surface area contributed by atoms with Crippen molar-refractivity contribution in [2.24, 2.45) is 0 Å². The number of urea groups is 1. The summed E-state index contributed by atoms with van der Waals surface area (Å²) >= 11 is 0. The minimum absolute atomic E-state index is 0.119. The lowest BCUT2D eigenvalue weighted by Gasteiger charge is -2.25. The van der Waals surface area contributed by atoms with Gasteiger partial charge in [0.05, 0.1) is 18.2 Å². The number of carbonyl (C=O) groups is 2. The normalized spacial score (nSPS) is 18.0. The fourth-order valence-corrected chi connectivity index (χ4v) is 3.95. The number of nitriles is 1. The highest BCUT2D eigenvalue weighted by atomic mass is 19.1. The van der Waals surface area contributed by atoms with Crippen LogP contribution in [-0.2, 0) is 16.9 Å². The van der Waals surface area contributed by atoms with Gasteiger partial charge in [0.25, 0.3) is 5.91 Å². The molecule has 154 valence electrons. The Labute approximate surface area is 179 Å². The first-order valence-electron chi connectivity index (χ1n) is 9.97. The fraction of sp³-hybridized carbons (Fsp3) is 0.160. The Morgan fingerprint density at radius 2 is 1.68 bits per heavy atom. The van der Waals surface area contributed by atoms with E-state index in [-0.39, 0.29) is 12.5 Å². The Morgan fingerprint density at radius 3 is 2.32 bits per heavy atom. The number of imide groups is 1. The van der Waals surface area contributed by atoms with Gasteiger partial charge < -0.3 is 5.32 Å². The molecule has 3 amide bonds. The van der Waals surface area contributed by atoms with Gasteiger partial charge in [0, 0.05) is 0 Å². The summed E-state index contributed by atoms with van der Waals surface area (Å²) < 4.78 is 13.3. The maximum atomic E-state index is 13.3. The smallest absolute Gasteiger partial charge is 0.319 e. The van der Waals surface area contributed by atoms with Gasteiger partial charge in [-0.1, -0.05) is 61.5 Å². The minimum Gasteiger partial charge on any atom is -0.319 e. The Kier molecular flexibility index (Phi) is 5.26. The summed E-state index contributed by atoms with van der Waals surface area (Å²) in [5.41, 5.74) is 2.43. The van der Waals surface area contributed by atoms with E-state index in [9.17, 15) is 19.2 Å². The molecule has 1 saturated heterocycles. The molecule has 1 atom stereocenters. The zero-order valence-corrected chi connectivity index (χ0v) is 16.9. The maximum absolute atomic E-state index is 13.3. The van der Waals surface area contributed by atoms with Gasteiger partial charge in [0.1, 0.15) is 11.4 Å². The summed E-state index contributed by atoms with van der Waals surface area (Å²) in [6.07, 6.45) is 0.351. The number of nitrogens with zero attached hydrogens (tertiary/aromatic N) is 2. The summed E-state index contributed by atoms with van der Waals surface area (Å²) in [6, 6.07) is 22.1. The third kappa shape index (κ3) is 3.55. The van der Waals surface area contributed by atoms with Crippen LogP contribution in [0.5, 0.6) is 0 Å². The summed E-state index contributed by atoms with van der Waals surface area (Å²) in [6.45, 7) is 1.93. The van der Waals surface area contributed by atoms with E-state index < -0.39 is 17.4 Å². The number of rotatable bonds is 5. The first-order valence-corrected chi connectivity index (χ1v) is 9.97. The van der Waals surface area contributed by atoms with E-state index >= 15 is 0 Å². The number of hydrogen-bond donors (Lipinski definition) is 1. The predicted octanol–water partition coefficient (Wildman–Crippen LogP) is 4.72. The summed E-state index contributed by atoms with van der Waals surface area (Å²) in [7, 11) is 0. The zero-order valence-electron chi connectivity index (χ0n) is 16.9. The molecule has 1 aliphatic rings. The van der Waals surface area contributed by atoms with Gasteiger partial charge in [-0.05, 0) is 46.9 Å². The van der Waals surface area contributed by atoms with E-state index in [1.165, 1.54) is 29.2 Å². The lowest BCUT2D eigenvalue weighted by atomic mass is 9.87. The number of halogens is 1. The Balaban J connectivity index is 1.58. The largest absolute Gasteiger partial charge is 0.325 e. The molecule has 0 aliphatic carbocycles. The van der Waals surface area contributed by atoms with Crippen molar-refractivity contribution in [2.75, 3.05) is 0 Å². The molecule has 1 aliphatic heterocycles. The molecule has 6 heteroatoms. The van der Waals surface area contributed by atoms with Crippen molar-refractivity contribution in [3.63, 3.8) is 0 Å². The van der Waals surface area contributed by atoms with Gasteiger partial charge in [0.2, 0.25) is 0 Å². The molecular formula is C25H20FN3O2. The van der Waals surface area contributed by atoms with Crippen molar-refractivity contribution in [1.82, 2.24) is 10.2 Å². The molecule has 1 unspecified atom stereocenters. The molecule has 5 nitrogen and oxygen atoms in total. The summed E-state index contributed by atoms with van der Waals surface area (Å²) in [5.74, 6) is -0.757. The van der Waals surface area contributed by atoms with Crippen LogP contribution in [0.4, 0.5) is 9.18 Å². The first-order chi connectivity index (χ1) is 15.0. The van der Waals surface area contributed by atoms with Crippen LogP contribution >= 0.6 is 0 Å². The van der Waals surface area contributed by atoms with Crippen molar-refractivity contribution in [1.29, 1.82) is 5.26 Å².